The van der Waals surface area contributed by atoms with E-state index in [1.807, 2.05) is 54.2 Å². The minimum absolute atomic E-state index is 0.00676. The minimum Gasteiger partial charge on any atom is -0.345 e. The third-order valence-corrected chi connectivity index (χ3v) is 4.42. The largest absolute Gasteiger partial charge is 0.345 e. The summed E-state index contributed by atoms with van der Waals surface area (Å²) in [6.07, 6.45) is 0.986. The summed E-state index contributed by atoms with van der Waals surface area (Å²) in [5, 5.41) is 3.14. The zero-order valence-electron chi connectivity index (χ0n) is 10.5. The normalized spacial score (nSPS) is 17.6. The summed E-state index contributed by atoms with van der Waals surface area (Å²) < 4.78 is 0. The van der Waals surface area contributed by atoms with Gasteiger partial charge in [0.15, 0.2) is 0 Å². The van der Waals surface area contributed by atoms with Gasteiger partial charge in [0.2, 0.25) is 0 Å². The van der Waals surface area contributed by atoms with E-state index < -0.39 is 0 Å². The van der Waals surface area contributed by atoms with Crippen LogP contribution in [0.4, 0.5) is 0 Å². The highest BCUT2D eigenvalue weighted by Crippen LogP contribution is 2.35. The van der Waals surface area contributed by atoms with Gasteiger partial charge in [-0.05, 0) is 30.2 Å². The Morgan fingerprint density at radius 1 is 1.05 bits per heavy atom. The summed E-state index contributed by atoms with van der Waals surface area (Å²) in [4.78, 5) is 13.5. The van der Waals surface area contributed by atoms with Gasteiger partial charge in [0.25, 0.3) is 5.91 Å². The Labute approximate surface area is 117 Å². The molecule has 0 saturated carbocycles. The van der Waals surface area contributed by atoms with E-state index >= 15 is 0 Å². The predicted octanol–water partition coefficient (Wildman–Crippen LogP) is 3.65. The zero-order chi connectivity index (χ0) is 13.1. The van der Waals surface area contributed by atoms with Crippen molar-refractivity contribution >= 4 is 17.7 Å². The van der Waals surface area contributed by atoms with Crippen LogP contribution in [0, 0.1) is 0 Å². The van der Waals surface area contributed by atoms with Gasteiger partial charge in [-0.2, -0.15) is 0 Å². The molecular weight excluding hydrogens is 254 g/mol. The first kappa shape index (κ1) is 12.3. The molecule has 0 aliphatic carbocycles. The van der Waals surface area contributed by atoms with Crippen LogP contribution in [0.5, 0.6) is 0 Å². The molecule has 2 aromatic carbocycles. The third-order valence-electron chi connectivity index (χ3n) is 3.30. The van der Waals surface area contributed by atoms with Gasteiger partial charge in [0.05, 0.1) is 6.04 Å². The molecule has 1 aliphatic heterocycles. The first-order chi connectivity index (χ1) is 9.34. The summed E-state index contributed by atoms with van der Waals surface area (Å²) in [6.45, 7) is 0. The Morgan fingerprint density at radius 2 is 1.79 bits per heavy atom. The van der Waals surface area contributed by atoms with Gasteiger partial charge in [0.1, 0.15) is 0 Å². The quantitative estimate of drug-likeness (QED) is 0.901. The van der Waals surface area contributed by atoms with E-state index in [0.717, 1.165) is 17.7 Å². The fourth-order valence-corrected chi connectivity index (χ4v) is 3.45. The molecule has 1 unspecified atom stereocenters. The van der Waals surface area contributed by atoms with Gasteiger partial charge in [-0.15, -0.1) is 11.8 Å². The lowest BCUT2D eigenvalue weighted by Crippen LogP contribution is -2.30. The number of carbonyl (C=O) groups is 1. The van der Waals surface area contributed by atoms with Crippen LogP contribution < -0.4 is 5.32 Å². The van der Waals surface area contributed by atoms with E-state index in [9.17, 15) is 4.79 Å². The summed E-state index contributed by atoms with van der Waals surface area (Å²) in [5.41, 5.74) is 1.96. The highest BCUT2D eigenvalue weighted by Gasteiger charge is 2.22. The molecule has 3 heteroatoms. The Hall–Kier alpha value is -1.74. The van der Waals surface area contributed by atoms with E-state index in [2.05, 4.69) is 17.4 Å². The van der Waals surface area contributed by atoms with Gasteiger partial charge in [0, 0.05) is 16.2 Å². The lowest BCUT2D eigenvalue weighted by atomic mass is 10.0. The van der Waals surface area contributed by atoms with Gasteiger partial charge in [-0.25, -0.2) is 0 Å². The number of hydrogen-bond donors (Lipinski definition) is 1. The molecule has 1 atom stereocenters. The SMILES string of the molecule is O=C(NC1CCSc2ccccc21)c1ccccc1. The fourth-order valence-electron chi connectivity index (χ4n) is 2.32. The van der Waals surface area contributed by atoms with Gasteiger partial charge in [-0.1, -0.05) is 36.4 Å². The number of thioether (sulfide) groups is 1. The molecule has 19 heavy (non-hydrogen) atoms. The Morgan fingerprint density at radius 3 is 2.63 bits per heavy atom. The first-order valence-corrected chi connectivity index (χ1v) is 7.41. The average Bonchev–Trinajstić information content (AvgIpc) is 2.48. The maximum Gasteiger partial charge on any atom is 0.251 e. The molecule has 2 nitrogen and oxygen atoms in total. The molecule has 0 fully saturated rings. The topological polar surface area (TPSA) is 29.1 Å². The summed E-state index contributed by atoms with van der Waals surface area (Å²) in [5.74, 6) is 1.06. The predicted molar refractivity (Wildman–Crippen MR) is 78.4 cm³/mol. The second-order valence-corrected chi connectivity index (χ2v) is 5.70. The standard InChI is InChI=1S/C16H15NOS/c18-16(12-6-2-1-3-7-12)17-14-10-11-19-15-9-5-4-8-13(14)15/h1-9,14H,10-11H2,(H,17,18). The van der Waals surface area contributed by atoms with Crippen molar-refractivity contribution in [1.82, 2.24) is 5.32 Å². The highest BCUT2D eigenvalue weighted by molar-refractivity contribution is 7.99. The van der Waals surface area contributed by atoms with Crippen molar-refractivity contribution in [2.75, 3.05) is 5.75 Å². The van der Waals surface area contributed by atoms with Crippen molar-refractivity contribution in [3.8, 4) is 0 Å². The van der Waals surface area contributed by atoms with Crippen molar-refractivity contribution < 1.29 is 4.79 Å². The molecule has 3 rings (SSSR count). The molecule has 1 heterocycles. The number of fused-ring (bicyclic) bond motifs is 1. The van der Waals surface area contributed by atoms with Crippen molar-refractivity contribution in [3.05, 3.63) is 65.7 Å². The lowest BCUT2D eigenvalue weighted by Gasteiger charge is -2.25. The summed E-state index contributed by atoms with van der Waals surface area (Å²) >= 11 is 1.86. The number of amides is 1. The molecule has 0 bridgehead atoms. The Kier molecular flexibility index (Phi) is 3.56. The third kappa shape index (κ3) is 2.66. The van der Waals surface area contributed by atoms with Gasteiger partial charge in [-0.3, -0.25) is 4.79 Å². The molecule has 0 spiro atoms. The second kappa shape index (κ2) is 5.49. The van der Waals surface area contributed by atoms with Crippen molar-refractivity contribution in [3.63, 3.8) is 0 Å². The molecule has 1 aliphatic rings. The second-order valence-electron chi connectivity index (χ2n) is 4.57. The van der Waals surface area contributed by atoms with Crippen LogP contribution in [0.25, 0.3) is 0 Å². The lowest BCUT2D eigenvalue weighted by molar-refractivity contribution is 0.0935. The van der Waals surface area contributed by atoms with Crippen molar-refractivity contribution in [2.24, 2.45) is 0 Å². The van der Waals surface area contributed by atoms with E-state index in [4.69, 9.17) is 0 Å². The maximum absolute atomic E-state index is 12.2. The van der Waals surface area contributed by atoms with Crippen LogP contribution >= 0.6 is 11.8 Å². The van der Waals surface area contributed by atoms with Crippen molar-refractivity contribution in [1.29, 1.82) is 0 Å². The van der Waals surface area contributed by atoms with Gasteiger partial charge < -0.3 is 5.32 Å². The van der Waals surface area contributed by atoms with E-state index in [-0.39, 0.29) is 11.9 Å². The van der Waals surface area contributed by atoms with E-state index in [1.165, 1.54) is 10.5 Å². The number of carbonyl (C=O) groups excluding carboxylic acids is 1. The summed E-state index contributed by atoms with van der Waals surface area (Å²) in [6, 6.07) is 17.8. The van der Waals surface area contributed by atoms with Crippen LogP contribution in [-0.4, -0.2) is 11.7 Å². The molecule has 96 valence electrons. The Bertz CT molecular complexity index is 582. The van der Waals surface area contributed by atoms with Crippen LogP contribution in [0.3, 0.4) is 0 Å². The number of nitrogens with one attached hydrogen (secondary N) is 1. The molecule has 1 amide bonds. The summed E-state index contributed by atoms with van der Waals surface area (Å²) in [7, 11) is 0. The minimum atomic E-state index is 0.00676. The van der Waals surface area contributed by atoms with Crippen LogP contribution in [0.15, 0.2) is 59.5 Å². The molecule has 1 N–H and O–H groups in total. The smallest absolute Gasteiger partial charge is 0.251 e. The van der Waals surface area contributed by atoms with Crippen LogP contribution in [0.1, 0.15) is 28.4 Å². The maximum atomic E-state index is 12.2. The molecular formula is C16H15NOS. The van der Waals surface area contributed by atoms with E-state index in [1.54, 1.807) is 0 Å². The average molecular weight is 269 g/mol. The Balaban J connectivity index is 1.80. The van der Waals surface area contributed by atoms with Crippen LogP contribution in [-0.2, 0) is 0 Å². The van der Waals surface area contributed by atoms with Gasteiger partial charge >= 0.3 is 0 Å². The zero-order valence-corrected chi connectivity index (χ0v) is 11.3. The molecule has 0 aromatic heterocycles. The molecule has 0 radical (unpaired) electrons. The number of benzene rings is 2. The first-order valence-electron chi connectivity index (χ1n) is 6.42. The fraction of sp³-hybridized carbons (Fsp3) is 0.188. The van der Waals surface area contributed by atoms with E-state index in [0.29, 0.717) is 0 Å². The molecule has 2 aromatic rings. The number of rotatable bonds is 2. The number of hydrogen-bond acceptors (Lipinski definition) is 2. The molecule has 0 saturated heterocycles. The van der Waals surface area contributed by atoms with Crippen molar-refractivity contribution in [2.45, 2.75) is 17.4 Å². The highest BCUT2D eigenvalue weighted by atomic mass is 32.2. The van der Waals surface area contributed by atoms with Crippen LogP contribution in [0.2, 0.25) is 0 Å². The monoisotopic (exact) mass is 269 g/mol.